The molecule has 21 heavy (non-hydrogen) atoms. The van der Waals surface area contributed by atoms with Gasteiger partial charge >= 0.3 is 0 Å². The van der Waals surface area contributed by atoms with E-state index in [9.17, 15) is 0 Å². The van der Waals surface area contributed by atoms with Crippen LogP contribution in [-0.2, 0) is 5.41 Å². The predicted octanol–water partition coefficient (Wildman–Crippen LogP) is 3.83. The zero-order chi connectivity index (χ0) is 15.7. The van der Waals surface area contributed by atoms with Gasteiger partial charge < -0.3 is 15.2 Å². The molecule has 0 bridgehead atoms. The summed E-state index contributed by atoms with van der Waals surface area (Å²) in [5.41, 5.74) is 7.02. The summed E-state index contributed by atoms with van der Waals surface area (Å²) in [4.78, 5) is 0.585. The highest BCUT2D eigenvalue weighted by atomic mass is 32.1. The molecule has 4 heteroatoms. The molecule has 0 spiro atoms. The summed E-state index contributed by atoms with van der Waals surface area (Å²) in [6.07, 6.45) is 3.07. The predicted molar refractivity (Wildman–Crippen MR) is 90.3 cm³/mol. The van der Waals surface area contributed by atoms with Gasteiger partial charge in [0.15, 0.2) is 0 Å². The summed E-state index contributed by atoms with van der Waals surface area (Å²) in [7, 11) is 1.68. The molecule has 0 aromatic heterocycles. The van der Waals surface area contributed by atoms with Crippen molar-refractivity contribution >= 4 is 17.2 Å². The standard InChI is InChI=1S/C17H25NO2S/c1-16(2,3)13-9-12(19-4)5-6-14(13)20-11-17(7-8-17)10-15(18)21/h5-6,9H,7-8,10-11H2,1-4H3,(H2,18,21). The quantitative estimate of drug-likeness (QED) is 0.811. The van der Waals surface area contributed by atoms with Gasteiger partial charge in [0.2, 0.25) is 0 Å². The Kier molecular flexibility index (Phi) is 4.47. The highest BCUT2D eigenvalue weighted by Gasteiger charge is 2.44. The zero-order valence-electron chi connectivity index (χ0n) is 13.4. The van der Waals surface area contributed by atoms with Crippen molar-refractivity contribution in [3.63, 3.8) is 0 Å². The van der Waals surface area contributed by atoms with E-state index in [1.807, 2.05) is 12.1 Å². The minimum Gasteiger partial charge on any atom is -0.497 e. The molecular formula is C17H25NO2S. The largest absolute Gasteiger partial charge is 0.497 e. The van der Waals surface area contributed by atoms with Gasteiger partial charge in [-0.3, -0.25) is 0 Å². The maximum Gasteiger partial charge on any atom is 0.123 e. The minimum absolute atomic E-state index is 0.00373. The van der Waals surface area contributed by atoms with Crippen LogP contribution in [0.25, 0.3) is 0 Å². The van der Waals surface area contributed by atoms with Crippen LogP contribution in [0.4, 0.5) is 0 Å². The van der Waals surface area contributed by atoms with Gasteiger partial charge in [-0.25, -0.2) is 0 Å². The monoisotopic (exact) mass is 307 g/mol. The van der Waals surface area contributed by atoms with Crippen LogP contribution in [0.2, 0.25) is 0 Å². The highest BCUT2D eigenvalue weighted by Crippen LogP contribution is 2.49. The van der Waals surface area contributed by atoms with Gasteiger partial charge in [-0.2, -0.15) is 0 Å². The first-order chi connectivity index (χ1) is 9.76. The molecule has 0 radical (unpaired) electrons. The minimum atomic E-state index is 0.00373. The SMILES string of the molecule is COc1ccc(OCC2(CC(N)=S)CC2)c(C(C)(C)C)c1. The summed E-state index contributed by atoms with van der Waals surface area (Å²) in [6, 6.07) is 6.00. The molecule has 0 heterocycles. The number of methoxy groups -OCH3 is 1. The Bertz CT molecular complexity index is 530. The molecule has 2 rings (SSSR count). The summed E-state index contributed by atoms with van der Waals surface area (Å²) < 4.78 is 11.4. The first-order valence-electron chi connectivity index (χ1n) is 7.35. The normalized spacial score (nSPS) is 16.4. The molecule has 0 aliphatic heterocycles. The van der Waals surface area contributed by atoms with Crippen LogP contribution in [-0.4, -0.2) is 18.7 Å². The van der Waals surface area contributed by atoms with Crippen molar-refractivity contribution in [2.45, 2.75) is 45.4 Å². The van der Waals surface area contributed by atoms with Crippen molar-refractivity contribution in [2.24, 2.45) is 11.1 Å². The second kappa shape index (κ2) is 5.84. The van der Waals surface area contributed by atoms with Gasteiger partial charge in [-0.05, 0) is 36.5 Å². The average Bonchev–Trinajstić information content (AvgIpc) is 3.14. The number of hydrogen-bond acceptors (Lipinski definition) is 3. The molecule has 1 saturated carbocycles. The van der Waals surface area contributed by atoms with Crippen molar-refractivity contribution in [3.8, 4) is 11.5 Å². The van der Waals surface area contributed by atoms with E-state index >= 15 is 0 Å². The third-order valence-electron chi connectivity index (χ3n) is 4.03. The summed E-state index contributed by atoms with van der Waals surface area (Å²) >= 11 is 5.04. The lowest BCUT2D eigenvalue weighted by atomic mass is 9.86. The molecule has 116 valence electrons. The first-order valence-corrected chi connectivity index (χ1v) is 7.76. The van der Waals surface area contributed by atoms with Gasteiger partial charge in [0, 0.05) is 17.4 Å². The molecule has 0 amide bonds. The molecule has 2 N–H and O–H groups in total. The Morgan fingerprint density at radius 1 is 1.33 bits per heavy atom. The Labute approximate surface area is 132 Å². The van der Waals surface area contributed by atoms with Gasteiger partial charge in [0.25, 0.3) is 0 Å². The second-order valence-corrected chi connectivity index (χ2v) is 7.57. The van der Waals surface area contributed by atoms with Crippen LogP contribution < -0.4 is 15.2 Å². The molecule has 1 aliphatic carbocycles. The molecular weight excluding hydrogens is 282 g/mol. The fourth-order valence-electron chi connectivity index (χ4n) is 2.50. The van der Waals surface area contributed by atoms with Gasteiger partial charge in [-0.15, -0.1) is 0 Å². The van der Waals surface area contributed by atoms with E-state index in [2.05, 4.69) is 26.8 Å². The third-order valence-corrected chi connectivity index (χ3v) is 4.18. The lowest BCUT2D eigenvalue weighted by Gasteiger charge is -2.25. The topological polar surface area (TPSA) is 44.5 Å². The van der Waals surface area contributed by atoms with E-state index in [4.69, 9.17) is 27.4 Å². The van der Waals surface area contributed by atoms with E-state index in [0.29, 0.717) is 11.6 Å². The van der Waals surface area contributed by atoms with Gasteiger partial charge in [0.1, 0.15) is 11.5 Å². The van der Waals surface area contributed by atoms with Crippen LogP contribution in [0.3, 0.4) is 0 Å². The number of benzene rings is 1. The number of ether oxygens (including phenoxy) is 2. The molecule has 1 aromatic rings. The number of nitrogens with two attached hydrogens (primary N) is 1. The van der Waals surface area contributed by atoms with Crippen molar-refractivity contribution in [1.82, 2.24) is 0 Å². The van der Waals surface area contributed by atoms with E-state index in [-0.39, 0.29) is 10.8 Å². The van der Waals surface area contributed by atoms with Crippen molar-refractivity contribution < 1.29 is 9.47 Å². The van der Waals surface area contributed by atoms with Crippen molar-refractivity contribution in [1.29, 1.82) is 0 Å². The molecule has 1 fully saturated rings. The maximum atomic E-state index is 6.12. The number of thiocarbonyl (C=S) groups is 1. The first kappa shape index (κ1) is 16.1. The van der Waals surface area contributed by atoms with E-state index in [1.165, 1.54) is 0 Å². The lowest BCUT2D eigenvalue weighted by molar-refractivity contribution is 0.234. The maximum absolute atomic E-state index is 6.12. The zero-order valence-corrected chi connectivity index (χ0v) is 14.2. The third kappa shape index (κ3) is 4.10. The molecule has 0 unspecified atom stereocenters. The summed E-state index contributed by atoms with van der Waals surface area (Å²) in [6.45, 7) is 7.21. The molecule has 1 aromatic carbocycles. The van der Waals surface area contributed by atoms with Gasteiger partial charge in [0.05, 0.1) is 18.7 Å². The Morgan fingerprint density at radius 2 is 2.00 bits per heavy atom. The number of hydrogen-bond donors (Lipinski definition) is 1. The summed E-state index contributed by atoms with van der Waals surface area (Å²) in [5.74, 6) is 1.79. The second-order valence-electron chi connectivity index (χ2n) is 7.04. The van der Waals surface area contributed by atoms with Gasteiger partial charge in [-0.1, -0.05) is 33.0 Å². The smallest absolute Gasteiger partial charge is 0.123 e. The molecule has 0 saturated heterocycles. The number of rotatable bonds is 6. The lowest BCUT2D eigenvalue weighted by Crippen LogP contribution is -2.22. The van der Waals surface area contributed by atoms with E-state index < -0.39 is 0 Å². The summed E-state index contributed by atoms with van der Waals surface area (Å²) in [5, 5.41) is 0. The Morgan fingerprint density at radius 3 is 2.48 bits per heavy atom. The van der Waals surface area contributed by atoms with Crippen molar-refractivity contribution in [2.75, 3.05) is 13.7 Å². The van der Waals surface area contributed by atoms with Crippen molar-refractivity contribution in [3.05, 3.63) is 23.8 Å². The Balaban J connectivity index is 2.15. The molecule has 1 aliphatic rings. The van der Waals surface area contributed by atoms with Crippen LogP contribution in [0.1, 0.15) is 45.6 Å². The highest BCUT2D eigenvalue weighted by molar-refractivity contribution is 7.80. The van der Waals surface area contributed by atoms with E-state index in [1.54, 1.807) is 7.11 Å². The van der Waals surface area contributed by atoms with Crippen LogP contribution in [0.15, 0.2) is 18.2 Å². The fraction of sp³-hybridized carbons (Fsp3) is 0.588. The van der Waals surface area contributed by atoms with Crippen LogP contribution >= 0.6 is 12.2 Å². The average molecular weight is 307 g/mol. The molecule has 3 nitrogen and oxygen atoms in total. The Hall–Kier alpha value is -1.29. The molecule has 0 atom stereocenters. The fourth-order valence-corrected chi connectivity index (χ4v) is 2.80. The van der Waals surface area contributed by atoms with E-state index in [0.717, 1.165) is 36.3 Å². The van der Waals surface area contributed by atoms with Crippen LogP contribution in [0, 0.1) is 5.41 Å². The van der Waals surface area contributed by atoms with Crippen LogP contribution in [0.5, 0.6) is 11.5 Å².